The van der Waals surface area contributed by atoms with Crippen LogP contribution in [0.2, 0.25) is 0 Å². The number of likely N-dealkylation sites (N-methyl/N-ethyl adjacent to an activating group) is 1. The van der Waals surface area contributed by atoms with E-state index in [1.807, 2.05) is 11.9 Å². The molecule has 2 unspecified atom stereocenters. The summed E-state index contributed by atoms with van der Waals surface area (Å²) < 4.78 is 4.63. The van der Waals surface area contributed by atoms with Crippen LogP contribution in [0.15, 0.2) is 0 Å². The van der Waals surface area contributed by atoms with Gasteiger partial charge in [-0.3, -0.25) is 9.69 Å². The van der Waals surface area contributed by atoms with E-state index < -0.39 is 0 Å². The second kappa shape index (κ2) is 4.75. The molecule has 0 aliphatic heterocycles. The fraction of sp³-hybridized carbons (Fsp3) is 0.900. The molecule has 1 aliphatic carbocycles. The van der Waals surface area contributed by atoms with Crippen LogP contribution in [0.25, 0.3) is 0 Å². The Morgan fingerprint density at radius 2 is 2.21 bits per heavy atom. The zero-order valence-electron chi connectivity index (χ0n) is 9.06. The number of carbonyl (C=O) groups is 1. The second-order valence-electron chi connectivity index (χ2n) is 4.04. The molecule has 1 rings (SSSR count). The minimum absolute atomic E-state index is 0.254. The third-order valence-corrected chi connectivity index (χ3v) is 2.84. The van der Waals surface area contributed by atoms with E-state index in [1.54, 1.807) is 6.92 Å². The van der Waals surface area contributed by atoms with E-state index in [0.717, 1.165) is 12.8 Å². The molecule has 14 heavy (non-hydrogen) atoms. The maximum Gasteiger partial charge on any atom is 0.322 e. The predicted octanol–water partition coefficient (Wildman–Crippen LogP) is 0.251. The second-order valence-corrected chi connectivity index (χ2v) is 4.04. The van der Waals surface area contributed by atoms with Crippen LogP contribution in [0.4, 0.5) is 0 Å². The molecule has 1 N–H and O–H groups in total. The minimum Gasteiger partial charge on any atom is -0.468 e. The van der Waals surface area contributed by atoms with Crippen molar-refractivity contribution in [2.24, 2.45) is 5.92 Å². The number of rotatable bonds is 5. The first-order valence-electron chi connectivity index (χ1n) is 5.02. The topological polar surface area (TPSA) is 49.8 Å². The molecule has 0 saturated heterocycles. The van der Waals surface area contributed by atoms with Gasteiger partial charge in [0.1, 0.15) is 6.04 Å². The first kappa shape index (κ1) is 11.5. The summed E-state index contributed by atoms with van der Waals surface area (Å²) in [5.74, 6) is 0.192. The third kappa shape index (κ3) is 2.96. The molecule has 0 radical (unpaired) electrons. The molecule has 4 heteroatoms. The van der Waals surface area contributed by atoms with E-state index in [0.29, 0.717) is 12.5 Å². The molecular formula is C10H19NO3. The van der Waals surface area contributed by atoms with Gasteiger partial charge in [-0.1, -0.05) is 0 Å². The summed E-state index contributed by atoms with van der Waals surface area (Å²) >= 11 is 0. The number of aliphatic hydroxyl groups excluding tert-OH is 1. The fourth-order valence-corrected chi connectivity index (χ4v) is 1.43. The number of esters is 1. The number of hydrogen-bond acceptors (Lipinski definition) is 4. The average molecular weight is 201 g/mol. The fourth-order valence-electron chi connectivity index (χ4n) is 1.43. The molecule has 0 heterocycles. The minimum atomic E-state index is -0.299. The molecular weight excluding hydrogens is 182 g/mol. The largest absolute Gasteiger partial charge is 0.468 e. The average Bonchev–Trinajstić information content (AvgIpc) is 2.98. The molecule has 0 aromatic carbocycles. The Kier molecular flexibility index (Phi) is 3.89. The third-order valence-electron chi connectivity index (χ3n) is 2.84. The zero-order valence-corrected chi connectivity index (χ0v) is 9.06. The molecule has 1 aliphatic rings. The van der Waals surface area contributed by atoms with Crippen molar-refractivity contribution in [3.63, 3.8) is 0 Å². The van der Waals surface area contributed by atoms with Gasteiger partial charge in [0.25, 0.3) is 0 Å². The van der Waals surface area contributed by atoms with Gasteiger partial charge < -0.3 is 9.84 Å². The summed E-state index contributed by atoms with van der Waals surface area (Å²) in [7, 11) is 3.21. The lowest BCUT2D eigenvalue weighted by molar-refractivity contribution is -0.146. The van der Waals surface area contributed by atoms with Crippen LogP contribution in [0.3, 0.4) is 0 Å². The van der Waals surface area contributed by atoms with Gasteiger partial charge in [0.05, 0.1) is 13.2 Å². The van der Waals surface area contributed by atoms with Crippen molar-refractivity contribution in [1.82, 2.24) is 4.90 Å². The molecule has 0 bridgehead atoms. The van der Waals surface area contributed by atoms with Crippen molar-refractivity contribution in [3.8, 4) is 0 Å². The van der Waals surface area contributed by atoms with Crippen LogP contribution < -0.4 is 0 Å². The summed E-state index contributed by atoms with van der Waals surface area (Å²) in [5, 5.41) is 9.67. The van der Waals surface area contributed by atoms with Crippen LogP contribution in [-0.2, 0) is 9.53 Å². The smallest absolute Gasteiger partial charge is 0.322 e. The van der Waals surface area contributed by atoms with Crippen LogP contribution in [-0.4, -0.2) is 48.8 Å². The Morgan fingerprint density at radius 3 is 2.64 bits per heavy atom. The zero-order chi connectivity index (χ0) is 10.7. The van der Waals surface area contributed by atoms with Gasteiger partial charge in [-0.2, -0.15) is 0 Å². The highest BCUT2D eigenvalue weighted by atomic mass is 16.5. The van der Waals surface area contributed by atoms with Crippen molar-refractivity contribution in [2.75, 3.05) is 20.7 Å². The summed E-state index contributed by atoms with van der Waals surface area (Å²) in [6.45, 7) is 2.33. The molecule has 1 saturated carbocycles. The molecule has 0 aromatic rings. The van der Waals surface area contributed by atoms with Crippen LogP contribution in [0, 0.1) is 5.92 Å². The van der Waals surface area contributed by atoms with Gasteiger partial charge in [-0.25, -0.2) is 0 Å². The lowest BCUT2D eigenvalue weighted by atomic mass is 10.2. The maximum absolute atomic E-state index is 11.2. The molecule has 0 amide bonds. The van der Waals surface area contributed by atoms with Crippen molar-refractivity contribution in [1.29, 1.82) is 0 Å². The highest BCUT2D eigenvalue weighted by molar-refractivity contribution is 5.75. The number of methoxy groups -OCH3 is 1. The number of hydrogen-bond donors (Lipinski definition) is 1. The monoisotopic (exact) mass is 201 g/mol. The Bertz CT molecular complexity index is 204. The van der Waals surface area contributed by atoms with Crippen LogP contribution in [0.5, 0.6) is 0 Å². The number of ether oxygens (including phenoxy) is 1. The van der Waals surface area contributed by atoms with Gasteiger partial charge in [0, 0.05) is 6.54 Å². The first-order valence-corrected chi connectivity index (χ1v) is 5.02. The van der Waals surface area contributed by atoms with Gasteiger partial charge in [-0.15, -0.1) is 0 Å². The first-order chi connectivity index (χ1) is 6.56. The molecule has 2 atom stereocenters. The summed E-state index contributed by atoms with van der Waals surface area (Å²) in [5.41, 5.74) is 0. The van der Waals surface area contributed by atoms with E-state index in [1.165, 1.54) is 7.11 Å². The molecule has 1 fully saturated rings. The predicted molar refractivity (Wildman–Crippen MR) is 52.8 cm³/mol. The molecule has 0 spiro atoms. The van der Waals surface area contributed by atoms with Crippen LogP contribution >= 0.6 is 0 Å². The Labute approximate surface area is 84.8 Å². The van der Waals surface area contributed by atoms with Crippen molar-refractivity contribution < 1.29 is 14.6 Å². The van der Waals surface area contributed by atoms with E-state index in [2.05, 4.69) is 4.74 Å². The van der Waals surface area contributed by atoms with Gasteiger partial charge >= 0.3 is 5.97 Å². The quantitative estimate of drug-likeness (QED) is 0.648. The molecule has 82 valence electrons. The maximum atomic E-state index is 11.2. The molecule has 4 nitrogen and oxygen atoms in total. The van der Waals surface area contributed by atoms with E-state index in [9.17, 15) is 9.90 Å². The molecule has 0 aromatic heterocycles. The van der Waals surface area contributed by atoms with Gasteiger partial charge in [0.2, 0.25) is 0 Å². The number of nitrogens with zero attached hydrogens (tertiary/aromatic N) is 1. The summed E-state index contributed by atoms with van der Waals surface area (Å²) in [4.78, 5) is 13.0. The van der Waals surface area contributed by atoms with Gasteiger partial charge in [0.15, 0.2) is 0 Å². The van der Waals surface area contributed by atoms with E-state index in [4.69, 9.17) is 0 Å². The Balaban J connectivity index is 2.31. The highest BCUT2D eigenvalue weighted by Gasteiger charge is 2.31. The lowest BCUT2D eigenvalue weighted by Gasteiger charge is -2.24. The van der Waals surface area contributed by atoms with Crippen molar-refractivity contribution in [3.05, 3.63) is 0 Å². The Hall–Kier alpha value is -0.610. The van der Waals surface area contributed by atoms with Crippen molar-refractivity contribution in [2.45, 2.75) is 31.9 Å². The lowest BCUT2D eigenvalue weighted by Crippen LogP contribution is -2.41. The highest BCUT2D eigenvalue weighted by Crippen LogP contribution is 2.32. The van der Waals surface area contributed by atoms with Gasteiger partial charge in [-0.05, 0) is 32.7 Å². The summed E-state index contributed by atoms with van der Waals surface area (Å²) in [6, 6.07) is -0.284. The van der Waals surface area contributed by atoms with E-state index in [-0.39, 0.29) is 18.1 Å². The Morgan fingerprint density at radius 1 is 1.64 bits per heavy atom. The van der Waals surface area contributed by atoms with Crippen LogP contribution in [0.1, 0.15) is 19.8 Å². The summed E-state index contributed by atoms with van der Waals surface area (Å²) in [6.07, 6.45) is 1.93. The van der Waals surface area contributed by atoms with Crippen molar-refractivity contribution >= 4 is 5.97 Å². The number of aliphatic hydroxyl groups is 1. The number of carbonyl (C=O) groups excluding carboxylic acids is 1. The van der Waals surface area contributed by atoms with E-state index >= 15 is 0 Å². The normalized spacial score (nSPS) is 20.6. The SMILES string of the molecule is COC(=O)C(C)N(C)CC(O)C1CC1. The standard InChI is InChI=1S/C10H19NO3/c1-7(10(13)14-3)11(2)6-9(12)8-4-5-8/h7-9,12H,4-6H2,1-3H3.